The van der Waals surface area contributed by atoms with E-state index in [1.165, 1.54) is 0 Å². The van der Waals surface area contributed by atoms with Gasteiger partial charge in [0.1, 0.15) is 0 Å². The summed E-state index contributed by atoms with van der Waals surface area (Å²) in [5.41, 5.74) is 6.28. The van der Waals surface area contributed by atoms with Gasteiger partial charge in [-0.2, -0.15) is 10.2 Å². The number of hydrogen-bond donors (Lipinski definition) is 1. The van der Waals surface area contributed by atoms with E-state index in [9.17, 15) is 4.79 Å². The van der Waals surface area contributed by atoms with Crippen molar-refractivity contribution in [2.45, 2.75) is 34.2 Å². The minimum atomic E-state index is -0.192. The lowest BCUT2D eigenvalue weighted by Gasteiger charge is -2.11. The number of nitrogens with one attached hydrogen (secondary N) is 1. The lowest BCUT2D eigenvalue weighted by molar-refractivity contribution is 0.102. The minimum absolute atomic E-state index is 0.192. The van der Waals surface area contributed by atoms with Crippen LogP contribution in [0.4, 0.5) is 5.69 Å². The molecule has 9 heteroatoms. The van der Waals surface area contributed by atoms with E-state index >= 15 is 0 Å². The molecule has 34 heavy (non-hydrogen) atoms. The highest BCUT2D eigenvalue weighted by Gasteiger charge is 2.20. The third-order valence-electron chi connectivity index (χ3n) is 5.80. The van der Waals surface area contributed by atoms with Gasteiger partial charge in [-0.05, 0) is 45.9 Å². The van der Waals surface area contributed by atoms with Gasteiger partial charge in [-0.1, -0.05) is 18.2 Å². The van der Waals surface area contributed by atoms with Gasteiger partial charge in [0.2, 0.25) is 0 Å². The normalized spacial score (nSPS) is 11.3. The fourth-order valence-electron chi connectivity index (χ4n) is 4.16. The Bertz CT molecular complexity index is 1540. The Morgan fingerprint density at radius 3 is 2.53 bits per heavy atom. The molecule has 4 heterocycles. The topological polar surface area (TPSA) is 90.5 Å². The second-order valence-electron chi connectivity index (χ2n) is 8.36. The zero-order valence-electron chi connectivity index (χ0n) is 19.7. The standard InChI is InChI=1S/C25H25N7OS/c1-14-23(16(3)32(29-14)13-18-10-11-31(5)30-18)28-25(33)20-12-22(24-15(2)26-17(4)34-24)27-21-9-7-6-8-19(20)21/h6-12H,13H2,1-5H3,(H,28,33). The van der Waals surface area contributed by atoms with Crippen LogP contribution in [0.15, 0.2) is 42.6 Å². The maximum Gasteiger partial charge on any atom is 0.256 e. The lowest BCUT2D eigenvalue weighted by Crippen LogP contribution is -2.14. The summed E-state index contributed by atoms with van der Waals surface area (Å²) in [5, 5.41) is 14.0. The fraction of sp³-hybridized carbons (Fsp3) is 0.240. The predicted octanol–water partition coefficient (Wildman–Crippen LogP) is 4.82. The Balaban J connectivity index is 1.52. The van der Waals surface area contributed by atoms with Gasteiger partial charge >= 0.3 is 0 Å². The number of aromatic nitrogens is 6. The number of amides is 1. The van der Waals surface area contributed by atoms with Crippen LogP contribution in [0.25, 0.3) is 21.5 Å². The van der Waals surface area contributed by atoms with Crippen LogP contribution in [0.2, 0.25) is 0 Å². The molecule has 1 aromatic carbocycles. The number of benzene rings is 1. The molecule has 0 saturated carbocycles. The van der Waals surface area contributed by atoms with Gasteiger partial charge in [0, 0.05) is 18.6 Å². The van der Waals surface area contributed by atoms with Gasteiger partial charge in [0.25, 0.3) is 5.91 Å². The number of fused-ring (bicyclic) bond motifs is 1. The number of anilines is 1. The summed E-state index contributed by atoms with van der Waals surface area (Å²) in [7, 11) is 1.89. The average molecular weight is 472 g/mol. The second kappa shape index (κ2) is 8.49. The molecule has 0 spiro atoms. The number of carbonyl (C=O) groups excluding carboxylic acids is 1. The van der Waals surface area contributed by atoms with Crippen molar-refractivity contribution in [1.82, 2.24) is 29.5 Å². The van der Waals surface area contributed by atoms with Gasteiger partial charge in [-0.3, -0.25) is 14.2 Å². The number of rotatable bonds is 5. The van der Waals surface area contributed by atoms with Crippen LogP contribution in [-0.2, 0) is 13.6 Å². The Hall–Kier alpha value is -3.85. The zero-order valence-corrected chi connectivity index (χ0v) is 20.6. The van der Waals surface area contributed by atoms with Gasteiger partial charge in [-0.15, -0.1) is 11.3 Å². The molecule has 0 saturated heterocycles. The van der Waals surface area contributed by atoms with E-state index in [-0.39, 0.29) is 5.91 Å². The van der Waals surface area contributed by atoms with Crippen molar-refractivity contribution < 1.29 is 4.79 Å². The maximum atomic E-state index is 13.6. The molecule has 0 aliphatic carbocycles. The monoisotopic (exact) mass is 471 g/mol. The molecule has 4 aromatic heterocycles. The van der Waals surface area contributed by atoms with Crippen molar-refractivity contribution in [3.05, 3.63) is 75.9 Å². The van der Waals surface area contributed by atoms with Crippen LogP contribution in [0.5, 0.6) is 0 Å². The van der Waals surface area contributed by atoms with Crippen LogP contribution in [0.3, 0.4) is 0 Å². The smallest absolute Gasteiger partial charge is 0.256 e. The summed E-state index contributed by atoms with van der Waals surface area (Å²) in [5.74, 6) is -0.192. The second-order valence-corrected chi connectivity index (χ2v) is 9.56. The number of hydrogen-bond acceptors (Lipinski definition) is 6. The van der Waals surface area contributed by atoms with Crippen LogP contribution >= 0.6 is 11.3 Å². The van der Waals surface area contributed by atoms with Crippen LogP contribution in [-0.4, -0.2) is 35.4 Å². The minimum Gasteiger partial charge on any atom is -0.319 e. The van der Waals surface area contributed by atoms with Gasteiger partial charge in [0.15, 0.2) is 0 Å². The lowest BCUT2D eigenvalue weighted by atomic mass is 10.1. The Morgan fingerprint density at radius 2 is 1.82 bits per heavy atom. The number of aryl methyl sites for hydroxylation is 4. The summed E-state index contributed by atoms with van der Waals surface area (Å²) >= 11 is 1.58. The van der Waals surface area contributed by atoms with E-state index < -0.39 is 0 Å². The van der Waals surface area contributed by atoms with E-state index in [4.69, 9.17) is 4.98 Å². The number of carbonyl (C=O) groups is 1. The first-order chi connectivity index (χ1) is 16.3. The summed E-state index contributed by atoms with van der Waals surface area (Å²) in [6.07, 6.45) is 1.90. The highest BCUT2D eigenvalue weighted by Crippen LogP contribution is 2.32. The molecule has 5 aromatic rings. The number of para-hydroxylation sites is 1. The highest BCUT2D eigenvalue weighted by molar-refractivity contribution is 7.15. The van der Waals surface area contributed by atoms with Gasteiger partial charge in [0.05, 0.1) is 61.7 Å². The summed E-state index contributed by atoms with van der Waals surface area (Å²) in [4.78, 5) is 23.9. The first kappa shape index (κ1) is 22.0. The molecule has 8 nitrogen and oxygen atoms in total. The van der Waals surface area contributed by atoms with Crippen molar-refractivity contribution in [1.29, 1.82) is 0 Å². The zero-order chi connectivity index (χ0) is 24.0. The van der Waals surface area contributed by atoms with Gasteiger partial charge in [-0.25, -0.2) is 9.97 Å². The molecule has 5 rings (SSSR count). The third-order valence-corrected chi connectivity index (χ3v) is 6.89. The van der Waals surface area contributed by atoms with Crippen LogP contribution < -0.4 is 5.32 Å². The molecule has 0 radical (unpaired) electrons. The van der Waals surface area contributed by atoms with Crippen LogP contribution in [0, 0.1) is 27.7 Å². The first-order valence-corrected chi connectivity index (χ1v) is 11.8. The largest absolute Gasteiger partial charge is 0.319 e. The number of thiazole rings is 1. The Morgan fingerprint density at radius 1 is 1.03 bits per heavy atom. The molecule has 0 aliphatic heterocycles. The molecule has 0 bridgehead atoms. The van der Waals surface area contributed by atoms with Crippen molar-refractivity contribution in [2.75, 3.05) is 5.32 Å². The molecule has 0 fully saturated rings. The predicted molar refractivity (Wildman–Crippen MR) is 134 cm³/mol. The van der Waals surface area contributed by atoms with Crippen molar-refractivity contribution in [3.8, 4) is 10.6 Å². The van der Waals surface area contributed by atoms with E-state index in [0.29, 0.717) is 17.8 Å². The number of pyridine rings is 1. The van der Waals surface area contributed by atoms with Crippen molar-refractivity contribution in [3.63, 3.8) is 0 Å². The summed E-state index contributed by atoms with van der Waals surface area (Å²) in [6.45, 7) is 8.34. The van der Waals surface area contributed by atoms with E-state index in [1.54, 1.807) is 16.0 Å². The van der Waals surface area contributed by atoms with Crippen molar-refractivity contribution >= 4 is 33.8 Å². The molecule has 1 amide bonds. The molecular weight excluding hydrogens is 446 g/mol. The van der Waals surface area contributed by atoms with E-state index in [0.717, 1.165) is 49.3 Å². The molecule has 0 unspecified atom stereocenters. The van der Waals surface area contributed by atoms with E-state index in [2.05, 4.69) is 20.5 Å². The molecular formula is C25H25N7OS. The maximum absolute atomic E-state index is 13.6. The first-order valence-electron chi connectivity index (χ1n) is 11.0. The van der Waals surface area contributed by atoms with Gasteiger partial charge < -0.3 is 5.32 Å². The molecule has 1 N–H and O–H groups in total. The molecule has 0 aliphatic rings. The summed E-state index contributed by atoms with van der Waals surface area (Å²) in [6, 6.07) is 11.5. The number of nitrogens with zero attached hydrogens (tertiary/aromatic N) is 6. The van der Waals surface area contributed by atoms with E-state index in [1.807, 2.05) is 82.0 Å². The summed E-state index contributed by atoms with van der Waals surface area (Å²) < 4.78 is 3.63. The van der Waals surface area contributed by atoms with Crippen LogP contribution in [0.1, 0.15) is 38.1 Å². The fourth-order valence-corrected chi connectivity index (χ4v) is 5.04. The average Bonchev–Trinajstić information content (AvgIpc) is 3.45. The molecule has 172 valence electrons. The third kappa shape index (κ3) is 3.99. The molecule has 0 atom stereocenters. The van der Waals surface area contributed by atoms with Crippen molar-refractivity contribution in [2.24, 2.45) is 7.05 Å². The SMILES string of the molecule is Cc1nc(C)c(-c2cc(C(=O)Nc3c(C)nn(Cc4ccn(C)n4)c3C)c3ccccc3n2)s1. The quantitative estimate of drug-likeness (QED) is 0.397. The highest BCUT2D eigenvalue weighted by atomic mass is 32.1. The Labute approximate surface area is 201 Å². The Kier molecular flexibility index (Phi) is 5.49.